The van der Waals surface area contributed by atoms with E-state index in [2.05, 4.69) is 9.84 Å². The quantitative estimate of drug-likeness (QED) is 0.493. The summed E-state index contributed by atoms with van der Waals surface area (Å²) in [5, 5.41) is 14.4. The van der Waals surface area contributed by atoms with Crippen molar-refractivity contribution in [1.29, 1.82) is 0 Å². The summed E-state index contributed by atoms with van der Waals surface area (Å²) in [6, 6.07) is 6.00. The van der Waals surface area contributed by atoms with Gasteiger partial charge in [-0.1, -0.05) is 13.8 Å². The Bertz CT molecular complexity index is 637. The molecule has 0 saturated heterocycles. The maximum Gasteiger partial charge on any atom is 0.391 e. The van der Waals surface area contributed by atoms with Gasteiger partial charge in [-0.2, -0.15) is 0 Å². The monoisotopic (exact) mass is 295 g/mol. The van der Waals surface area contributed by atoms with Gasteiger partial charge in [-0.15, -0.1) is 4.68 Å². The highest BCUT2D eigenvalue weighted by Crippen LogP contribution is 2.18. The van der Waals surface area contributed by atoms with E-state index in [4.69, 9.17) is 0 Å². The van der Waals surface area contributed by atoms with Crippen LogP contribution in [0.1, 0.15) is 24.3 Å². The minimum absolute atomic E-state index is 0.110. The van der Waals surface area contributed by atoms with Gasteiger partial charge in [-0.25, -0.2) is 9.18 Å². The van der Waals surface area contributed by atoms with Crippen molar-refractivity contribution < 1.29 is 18.8 Å². The lowest BCUT2D eigenvalue weighted by molar-refractivity contribution is -0.389. The van der Waals surface area contributed by atoms with Crippen molar-refractivity contribution in [3.63, 3.8) is 0 Å². The van der Waals surface area contributed by atoms with E-state index < -0.39 is 22.5 Å². The Morgan fingerprint density at radius 3 is 2.38 bits per heavy atom. The number of aromatic nitrogens is 2. The zero-order chi connectivity index (χ0) is 16.0. The number of ether oxygens (including phenoxy) is 1. The lowest BCUT2D eigenvalue weighted by Gasteiger charge is -2.01. The fraction of sp³-hybridized carbons (Fsp3) is 0.231. The first-order valence-corrected chi connectivity index (χ1v) is 6.11. The van der Waals surface area contributed by atoms with Gasteiger partial charge in [0.1, 0.15) is 5.82 Å². The number of hydrogen-bond acceptors (Lipinski definition) is 5. The van der Waals surface area contributed by atoms with Gasteiger partial charge in [0.15, 0.2) is 5.69 Å². The van der Waals surface area contributed by atoms with E-state index in [1.807, 2.05) is 13.8 Å². The molecule has 0 bridgehead atoms. The number of hydrogen-bond donors (Lipinski definition) is 0. The van der Waals surface area contributed by atoms with Crippen LogP contribution >= 0.6 is 0 Å². The molecule has 1 aromatic heterocycles. The predicted molar refractivity (Wildman–Crippen MR) is 72.9 cm³/mol. The second kappa shape index (κ2) is 7.13. The van der Waals surface area contributed by atoms with E-state index in [0.717, 1.165) is 30.0 Å². The van der Waals surface area contributed by atoms with Crippen molar-refractivity contribution in [3.05, 3.63) is 52.0 Å². The molecule has 0 amide bonds. The molecule has 1 aromatic carbocycles. The number of carbonyl (C=O) groups is 1. The van der Waals surface area contributed by atoms with Gasteiger partial charge in [0, 0.05) is 0 Å². The van der Waals surface area contributed by atoms with Gasteiger partial charge < -0.3 is 14.9 Å². The van der Waals surface area contributed by atoms with Crippen molar-refractivity contribution in [3.8, 4) is 5.69 Å². The third-order valence-corrected chi connectivity index (χ3v) is 2.35. The van der Waals surface area contributed by atoms with Crippen LogP contribution in [0, 0.1) is 15.9 Å². The molecule has 7 nitrogen and oxygen atoms in total. The summed E-state index contributed by atoms with van der Waals surface area (Å²) in [5.41, 5.74) is 0.204. The molecule has 8 heteroatoms. The van der Waals surface area contributed by atoms with Crippen LogP contribution in [-0.4, -0.2) is 27.8 Å². The maximum absolute atomic E-state index is 12.8. The van der Waals surface area contributed by atoms with E-state index in [1.165, 1.54) is 12.1 Å². The minimum atomic E-state index is -0.773. The van der Waals surface area contributed by atoms with E-state index in [0.29, 0.717) is 5.69 Å². The Morgan fingerprint density at radius 2 is 1.90 bits per heavy atom. The first-order chi connectivity index (χ1) is 10.0. The van der Waals surface area contributed by atoms with Crippen LogP contribution in [0.3, 0.4) is 0 Å². The molecule has 0 radical (unpaired) electrons. The lowest BCUT2D eigenvalue weighted by atomic mass is 10.3. The molecule has 0 N–H and O–H groups in total. The molecule has 0 fully saturated rings. The minimum Gasteiger partial charge on any atom is -0.464 e. The standard InChI is InChI=1S/C11H8FN3O4.C2H6/c1-19-11(16)9-6-10(15(17)18)13-14(9)8-4-2-7(12)3-5-8;1-2/h2-6H,1H3;1-2H3. The number of carbonyl (C=O) groups excluding carboxylic acids is 1. The topological polar surface area (TPSA) is 87.3 Å². The maximum atomic E-state index is 12.8. The molecule has 2 aromatic rings. The molecule has 112 valence electrons. The fourth-order valence-corrected chi connectivity index (χ4v) is 1.49. The van der Waals surface area contributed by atoms with Crippen LogP contribution in [0.15, 0.2) is 30.3 Å². The summed E-state index contributed by atoms with van der Waals surface area (Å²) >= 11 is 0. The second-order valence-corrected chi connectivity index (χ2v) is 3.52. The highest BCUT2D eigenvalue weighted by atomic mass is 19.1. The first-order valence-electron chi connectivity index (χ1n) is 6.11. The molecule has 0 aliphatic carbocycles. The third-order valence-electron chi connectivity index (χ3n) is 2.35. The number of halogens is 1. The molecule has 1 heterocycles. The van der Waals surface area contributed by atoms with Crippen molar-refractivity contribution >= 4 is 11.8 Å². The van der Waals surface area contributed by atoms with Gasteiger partial charge in [-0.3, -0.25) is 0 Å². The Kier molecular flexibility index (Phi) is 5.53. The summed E-state index contributed by atoms with van der Waals surface area (Å²) < 4.78 is 18.4. The van der Waals surface area contributed by atoms with Crippen LogP contribution in [0.25, 0.3) is 5.69 Å². The number of benzene rings is 1. The average molecular weight is 295 g/mol. The molecule has 2 rings (SSSR count). The molecule has 0 saturated carbocycles. The Hall–Kier alpha value is -2.77. The van der Waals surface area contributed by atoms with Crippen LogP contribution in [0.2, 0.25) is 0 Å². The zero-order valence-electron chi connectivity index (χ0n) is 11.7. The first kappa shape index (κ1) is 16.3. The highest BCUT2D eigenvalue weighted by molar-refractivity contribution is 5.88. The third kappa shape index (κ3) is 3.62. The largest absolute Gasteiger partial charge is 0.464 e. The van der Waals surface area contributed by atoms with E-state index in [-0.39, 0.29) is 5.69 Å². The van der Waals surface area contributed by atoms with Crippen molar-refractivity contribution in [2.24, 2.45) is 0 Å². The summed E-state index contributed by atoms with van der Waals surface area (Å²) in [7, 11) is 1.15. The van der Waals surface area contributed by atoms with Crippen molar-refractivity contribution in [1.82, 2.24) is 9.78 Å². The SMILES string of the molecule is CC.COC(=O)c1cc([N+](=O)[O-])nn1-c1ccc(F)cc1. The molecule has 0 aliphatic rings. The van der Waals surface area contributed by atoms with Gasteiger partial charge in [0.05, 0.1) is 24.0 Å². The summed E-state index contributed by atoms with van der Waals surface area (Å²) in [6.07, 6.45) is 0. The van der Waals surface area contributed by atoms with Crippen LogP contribution in [-0.2, 0) is 4.74 Å². The van der Waals surface area contributed by atoms with Gasteiger partial charge >= 0.3 is 11.8 Å². The van der Waals surface area contributed by atoms with Crippen LogP contribution in [0.4, 0.5) is 10.2 Å². The van der Waals surface area contributed by atoms with E-state index >= 15 is 0 Å². The van der Waals surface area contributed by atoms with Crippen LogP contribution < -0.4 is 0 Å². The predicted octanol–water partition coefficient (Wildman–Crippen LogP) is 2.73. The molecule has 0 atom stereocenters. The number of nitro groups is 1. The molecule has 21 heavy (non-hydrogen) atoms. The molecule has 0 unspecified atom stereocenters. The Balaban J connectivity index is 0.00000106. The van der Waals surface area contributed by atoms with E-state index in [1.54, 1.807) is 0 Å². The smallest absolute Gasteiger partial charge is 0.391 e. The van der Waals surface area contributed by atoms with Crippen molar-refractivity contribution in [2.75, 3.05) is 7.11 Å². The highest BCUT2D eigenvalue weighted by Gasteiger charge is 2.24. The van der Waals surface area contributed by atoms with Gasteiger partial charge in [0.2, 0.25) is 0 Å². The lowest BCUT2D eigenvalue weighted by Crippen LogP contribution is -2.10. The number of esters is 1. The molecular weight excluding hydrogens is 281 g/mol. The van der Waals surface area contributed by atoms with Gasteiger partial charge in [0.25, 0.3) is 0 Å². The Morgan fingerprint density at radius 1 is 1.33 bits per heavy atom. The molecule has 0 spiro atoms. The average Bonchev–Trinajstić information content (AvgIpc) is 2.94. The second-order valence-electron chi connectivity index (χ2n) is 3.52. The number of methoxy groups -OCH3 is 1. The van der Waals surface area contributed by atoms with Crippen molar-refractivity contribution in [2.45, 2.75) is 13.8 Å². The Labute approximate surface area is 120 Å². The fourth-order valence-electron chi connectivity index (χ4n) is 1.49. The van der Waals surface area contributed by atoms with Crippen LogP contribution in [0.5, 0.6) is 0 Å². The van der Waals surface area contributed by atoms with Gasteiger partial charge in [-0.05, 0) is 29.2 Å². The summed E-state index contributed by atoms with van der Waals surface area (Å²) in [6.45, 7) is 4.00. The van der Waals surface area contributed by atoms with E-state index in [9.17, 15) is 19.3 Å². The molecular formula is C13H14FN3O4. The summed E-state index contributed by atoms with van der Waals surface area (Å²) in [5.74, 6) is -1.74. The molecule has 0 aliphatic heterocycles. The number of nitrogens with zero attached hydrogens (tertiary/aromatic N) is 3. The summed E-state index contributed by atoms with van der Waals surface area (Å²) in [4.78, 5) is 21.5. The normalized spacial score (nSPS) is 9.52. The zero-order valence-corrected chi connectivity index (χ0v) is 11.7. The number of rotatable bonds is 3.